The summed E-state index contributed by atoms with van der Waals surface area (Å²) in [7, 11) is 0. The standard InChI is InChI=1S/C9H19NO2/c1-9(8-11)2-3-10-4-6-12-7-5-10/h9,11H,2-8H2,1H3. The average Bonchev–Trinajstić information content (AvgIpc) is 2.16. The van der Waals surface area contributed by atoms with Gasteiger partial charge in [0.05, 0.1) is 13.2 Å². The van der Waals surface area contributed by atoms with Crippen molar-refractivity contribution in [1.82, 2.24) is 4.90 Å². The Morgan fingerprint density at radius 2 is 2.08 bits per heavy atom. The number of aliphatic hydroxyl groups excluding tert-OH is 1. The second kappa shape index (κ2) is 5.51. The maximum Gasteiger partial charge on any atom is 0.0594 e. The van der Waals surface area contributed by atoms with Gasteiger partial charge in [-0.05, 0) is 18.9 Å². The Hall–Kier alpha value is -0.120. The van der Waals surface area contributed by atoms with E-state index in [9.17, 15) is 0 Å². The van der Waals surface area contributed by atoms with E-state index >= 15 is 0 Å². The third kappa shape index (κ3) is 3.52. The molecule has 0 aromatic heterocycles. The summed E-state index contributed by atoms with van der Waals surface area (Å²) in [5.74, 6) is 0.438. The molecule has 1 aliphatic heterocycles. The monoisotopic (exact) mass is 173 g/mol. The molecule has 1 atom stereocenters. The highest BCUT2D eigenvalue weighted by atomic mass is 16.5. The van der Waals surface area contributed by atoms with Crippen LogP contribution in [0, 0.1) is 5.92 Å². The topological polar surface area (TPSA) is 32.7 Å². The Labute approximate surface area is 74.3 Å². The van der Waals surface area contributed by atoms with Crippen molar-refractivity contribution in [1.29, 1.82) is 0 Å². The number of hydrogen-bond acceptors (Lipinski definition) is 3. The van der Waals surface area contributed by atoms with Crippen molar-refractivity contribution in [3.05, 3.63) is 0 Å². The van der Waals surface area contributed by atoms with Crippen LogP contribution in [0.5, 0.6) is 0 Å². The molecule has 3 nitrogen and oxygen atoms in total. The molecule has 12 heavy (non-hydrogen) atoms. The van der Waals surface area contributed by atoms with Gasteiger partial charge in [-0.1, -0.05) is 6.92 Å². The van der Waals surface area contributed by atoms with E-state index < -0.39 is 0 Å². The van der Waals surface area contributed by atoms with Crippen LogP contribution in [0.3, 0.4) is 0 Å². The van der Waals surface area contributed by atoms with Crippen LogP contribution in [-0.2, 0) is 4.74 Å². The summed E-state index contributed by atoms with van der Waals surface area (Å²) < 4.78 is 5.24. The smallest absolute Gasteiger partial charge is 0.0594 e. The van der Waals surface area contributed by atoms with E-state index in [0.717, 1.165) is 39.3 Å². The zero-order valence-corrected chi connectivity index (χ0v) is 7.83. The minimum atomic E-state index is 0.310. The SMILES string of the molecule is CC(CO)CCN1CCOCC1. The fraction of sp³-hybridized carbons (Fsp3) is 1.00. The predicted octanol–water partition coefficient (Wildman–Crippen LogP) is 0.337. The molecule has 0 saturated carbocycles. The molecule has 0 spiro atoms. The molecule has 1 fully saturated rings. The number of rotatable bonds is 4. The van der Waals surface area contributed by atoms with Crippen molar-refractivity contribution >= 4 is 0 Å². The van der Waals surface area contributed by atoms with Crippen LogP contribution in [0.15, 0.2) is 0 Å². The molecule has 1 aliphatic rings. The Morgan fingerprint density at radius 1 is 1.42 bits per heavy atom. The van der Waals surface area contributed by atoms with E-state index in [4.69, 9.17) is 9.84 Å². The Balaban J connectivity index is 2.05. The summed E-state index contributed by atoms with van der Waals surface area (Å²) in [4.78, 5) is 2.40. The summed E-state index contributed by atoms with van der Waals surface area (Å²) in [5.41, 5.74) is 0. The molecule has 3 heteroatoms. The van der Waals surface area contributed by atoms with Crippen LogP contribution >= 0.6 is 0 Å². The molecule has 1 rings (SSSR count). The van der Waals surface area contributed by atoms with Gasteiger partial charge in [0, 0.05) is 19.7 Å². The average molecular weight is 173 g/mol. The molecule has 1 saturated heterocycles. The van der Waals surface area contributed by atoms with Gasteiger partial charge in [-0.15, -0.1) is 0 Å². The summed E-state index contributed by atoms with van der Waals surface area (Å²) in [6.07, 6.45) is 1.09. The number of hydrogen-bond donors (Lipinski definition) is 1. The quantitative estimate of drug-likeness (QED) is 0.665. The van der Waals surface area contributed by atoms with Crippen molar-refractivity contribution in [3.63, 3.8) is 0 Å². The Kier molecular flexibility index (Phi) is 4.58. The first-order valence-corrected chi connectivity index (χ1v) is 4.74. The van der Waals surface area contributed by atoms with Gasteiger partial charge < -0.3 is 9.84 Å². The van der Waals surface area contributed by atoms with Gasteiger partial charge in [-0.3, -0.25) is 4.90 Å². The number of ether oxygens (including phenoxy) is 1. The molecule has 0 aromatic carbocycles. The maximum absolute atomic E-state index is 8.82. The lowest BCUT2D eigenvalue weighted by Crippen LogP contribution is -2.37. The first-order chi connectivity index (χ1) is 5.83. The second-order valence-corrected chi connectivity index (χ2v) is 3.53. The van der Waals surface area contributed by atoms with E-state index in [-0.39, 0.29) is 0 Å². The zero-order valence-electron chi connectivity index (χ0n) is 7.83. The lowest BCUT2D eigenvalue weighted by atomic mass is 10.1. The molecule has 0 aromatic rings. The first-order valence-electron chi connectivity index (χ1n) is 4.74. The van der Waals surface area contributed by atoms with E-state index in [2.05, 4.69) is 11.8 Å². The molecule has 0 bridgehead atoms. The van der Waals surface area contributed by atoms with Crippen LogP contribution in [0.25, 0.3) is 0 Å². The van der Waals surface area contributed by atoms with Crippen LogP contribution in [-0.4, -0.2) is 49.5 Å². The van der Waals surface area contributed by atoms with Gasteiger partial charge in [0.2, 0.25) is 0 Å². The van der Waals surface area contributed by atoms with Crippen LogP contribution in [0.2, 0.25) is 0 Å². The molecular weight excluding hydrogens is 154 g/mol. The molecule has 0 amide bonds. The van der Waals surface area contributed by atoms with Crippen LogP contribution < -0.4 is 0 Å². The van der Waals surface area contributed by atoms with Crippen molar-refractivity contribution < 1.29 is 9.84 Å². The number of nitrogens with zero attached hydrogens (tertiary/aromatic N) is 1. The second-order valence-electron chi connectivity index (χ2n) is 3.53. The Morgan fingerprint density at radius 3 is 2.67 bits per heavy atom. The lowest BCUT2D eigenvalue weighted by Gasteiger charge is -2.27. The molecule has 0 radical (unpaired) electrons. The van der Waals surface area contributed by atoms with Crippen LogP contribution in [0.1, 0.15) is 13.3 Å². The number of morpholine rings is 1. The first kappa shape index (κ1) is 9.96. The van der Waals surface area contributed by atoms with Crippen molar-refractivity contribution in [2.45, 2.75) is 13.3 Å². The van der Waals surface area contributed by atoms with Crippen molar-refractivity contribution in [2.24, 2.45) is 5.92 Å². The molecule has 1 N–H and O–H groups in total. The maximum atomic E-state index is 8.82. The highest BCUT2D eigenvalue weighted by Crippen LogP contribution is 2.04. The fourth-order valence-electron chi connectivity index (χ4n) is 1.32. The predicted molar refractivity (Wildman–Crippen MR) is 48.1 cm³/mol. The Bertz CT molecular complexity index is 113. The zero-order chi connectivity index (χ0) is 8.81. The van der Waals surface area contributed by atoms with E-state index in [1.54, 1.807) is 0 Å². The van der Waals surface area contributed by atoms with Gasteiger partial charge in [0.25, 0.3) is 0 Å². The van der Waals surface area contributed by atoms with E-state index in [1.807, 2.05) is 0 Å². The summed E-state index contributed by atoms with van der Waals surface area (Å²) >= 11 is 0. The highest BCUT2D eigenvalue weighted by Gasteiger charge is 2.10. The molecule has 72 valence electrons. The van der Waals surface area contributed by atoms with Crippen LogP contribution in [0.4, 0.5) is 0 Å². The molecule has 1 heterocycles. The highest BCUT2D eigenvalue weighted by molar-refractivity contribution is 4.63. The van der Waals surface area contributed by atoms with Gasteiger partial charge in [0.1, 0.15) is 0 Å². The van der Waals surface area contributed by atoms with Gasteiger partial charge in [-0.25, -0.2) is 0 Å². The third-order valence-corrected chi connectivity index (χ3v) is 2.35. The third-order valence-electron chi connectivity index (χ3n) is 2.35. The van der Waals surface area contributed by atoms with Crippen molar-refractivity contribution in [3.8, 4) is 0 Å². The molecule has 1 unspecified atom stereocenters. The number of aliphatic hydroxyl groups is 1. The van der Waals surface area contributed by atoms with Gasteiger partial charge >= 0.3 is 0 Å². The minimum absolute atomic E-state index is 0.310. The molecular formula is C9H19NO2. The normalized spacial score (nSPS) is 22.5. The summed E-state index contributed by atoms with van der Waals surface area (Å²) in [6.45, 7) is 7.34. The van der Waals surface area contributed by atoms with Crippen molar-refractivity contribution in [2.75, 3.05) is 39.5 Å². The largest absolute Gasteiger partial charge is 0.396 e. The molecule has 0 aliphatic carbocycles. The lowest BCUT2D eigenvalue weighted by molar-refractivity contribution is 0.0344. The van der Waals surface area contributed by atoms with E-state index in [1.165, 1.54) is 0 Å². The van der Waals surface area contributed by atoms with E-state index in [0.29, 0.717) is 12.5 Å². The summed E-state index contributed by atoms with van der Waals surface area (Å²) in [6, 6.07) is 0. The van der Waals surface area contributed by atoms with Gasteiger partial charge in [0.15, 0.2) is 0 Å². The fourth-order valence-corrected chi connectivity index (χ4v) is 1.32. The van der Waals surface area contributed by atoms with Gasteiger partial charge in [-0.2, -0.15) is 0 Å². The minimum Gasteiger partial charge on any atom is -0.396 e. The summed E-state index contributed by atoms with van der Waals surface area (Å²) in [5, 5.41) is 8.82.